The van der Waals surface area contributed by atoms with Crippen molar-refractivity contribution in [3.8, 4) is 5.75 Å². The maximum Gasteiger partial charge on any atom is 0.350 e. The Morgan fingerprint density at radius 1 is 1.37 bits per heavy atom. The standard InChI is InChI=1S/C12H11NO6/c1-19-10-4-7(6-14)2-3-8(10)13-9(12(17)18)5-11(15)16/h2-4,6H,5H2,1H3,(H,15,16)(H,17,18). The third-order valence-corrected chi connectivity index (χ3v) is 2.16. The van der Waals surface area contributed by atoms with Gasteiger partial charge in [0.15, 0.2) is 0 Å². The van der Waals surface area contributed by atoms with Gasteiger partial charge in [0.2, 0.25) is 0 Å². The quantitative estimate of drug-likeness (QED) is 0.589. The van der Waals surface area contributed by atoms with E-state index in [1.165, 1.54) is 25.3 Å². The Bertz CT molecular complexity index is 549. The summed E-state index contributed by atoms with van der Waals surface area (Å²) in [7, 11) is 1.33. The van der Waals surface area contributed by atoms with Crippen molar-refractivity contribution in [3.05, 3.63) is 23.8 Å². The van der Waals surface area contributed by atoms with Gasteiger partial charge in [-0.1, -0.05) is 0 Å². The van der Waals surface area contributed by atoms with Crippen molar-refractivity contribution in [2.45, 2.75) is 6.42 Å². The number of hydrogen-bond donors (Lipinski definition) is 2. The molecular weight excluding hydrogens is 254 g/mol. The molecule has 19 heavy (non-hydrogen) atoms. The van der Waals surface area contributed by atoms with E-state index in [0.717, 1.165) is 0 Å². The van der Waals surface area contributed by atoms with Gasteiger partial charge in [-0.3, -0.25) is 9.59 Å². The van der Waals surface area contributed by atoms with E-state index in [1.54, 1.807) is 0 Å². The average Bonchev–Trinajstić information content (AvgIpc) is 2.37. The van der Waals surface area contributed by atoms with Gasteiger partial charge in [0, 0.05) is 5.56 Å². The van der Waals surface area contributed by atoms with E-state index in [-0.39, 0.29) is 11.4 Å². The second-order valence-corrected chi connectivity index (χ2v) is 3.48. The molecule has 0 bridgehead atoms. The Labute approximate surface area is 108 Å². The van der Waals surface area contributed by atoms with Gasteiger partial charge in [0.05, 0.1) is 13.5 Å². The minimum absolute atomic E-state index is 0.145. The number of aldehydes is 1. The molecule has 0 fully saturated rings. The molecular formula is C12H11NO6. The van der Waals surface area contributed by atoms with E-state index in [4.69, 9.17) is 14.9 Å². The minimum atomic E-state index is -1.43. The van der Waals surface area contributed by atoms with Gasteiger partial charge in [0.1, 0.15) is 23.4 Å². The zero-order chi connectivity index (χ0) is 14.4. The Hall–Kier alpha value is -2.70. The van der Waals surface area contributed by atoms with Crippen LogP contribution in [-0.4, -0.2) is 41.3 Å². The molecule has 0 aliphatic carbocycles. The first-order valence-corrected chi connectivity index (χ1v) is 5.13. The van der Waals surface area contributed by atoms with Gasteiger partial charge in [0.25, 0.3) is 0 Å². The molecule has 100 valence electrons. The highest BCUT2D eigenvalue weighted by molar-refractivity contribution is 6.39. The SMILES string of the molecule is COc1cc(C=O)ccc1N=C(CC(=O)O)C(=O)O. The van der Waals surface area contributed by atoms with E-state index in [2.05, 4.69) is 4.99 Å². The fraction of sp³-hybridized carbons (Fsp3) is 0.167. The fourth-order valence-electron chi connectivity index (χ4n) is 1.31. The lowest BCUT2D eigenvalue weighted by atomic mass is 10.2. The Kier molecular flexibility index (Phi) is 4.76. The van der Waals surface area contributed by atoms with Crippen LogP contribution in [0, 0.1) is 0 Å². The molecule has 0 saturated carbocycles. The zero-order valence-electron chi connectivity index (χ0n) is 9.99. The molecule has 1 aromatic carbocycles. The van der Waals surface area contributed by atoms with Crippen molar-refractivity contribution in [2.75, 3.05) is 7.11 Å². The van der Waals surface area contributed by atoms with Crippen LogP contribution in [0.25, 0.3) is 0 Å². The number of nitrogens with zero attached hydrogens (tertiary/aromatic N) is 1. The van der Waals surface area contributed by atoms with Crippen LogP contribution in [0.1, 0.15) is 16.8 Å². The molecule has 7 heteroatoms. The fourth-order valence-corrected chi connectivity index (χ4v) is 1.31. The van der Waals surface area contributed by atoms with E-state index in [0.29, 0.717) is 11.8 Å². The summed E-state index contributed by atoms with van der Waals surface area (Å²) in [6.45, 7) is 0. The predicted octanol–water partition coefficient (Wildman–Crippen LogP) is 1.14. The molecule has 0 aliphatic heterocycles. The molecule has 0 heterocycles. The van der Waals surface area contributed by atoms with Crippen molar-refractivity contribution >= 4 is 29.6 Å². The average molecular weight is 265 g/mol. The summed E-state index contributed by atoms with van der Waals surface area (Å²) in [4.78, 5) is 35.7. The lowest BCUT2D eigenvalue weighted by molar-refractivity contribution is -0.137. The largest absolute Gasteiger partial charge is 0.494 e. The zero-order valence-corrected chi connectivity index (χ0v) is 9.99. The number of hydrogen-bond acceptors (Lipinski definition) is 5. The van der Waals surface area contributed by atoms with Crippen LogP contribution < -0.4 is 4.74 Å². The lowest BCUT2D eigenvalue weighted by Gasteiger charge is -2.06. The highest BCUT2D eigenvalue weighted by Gasteiger charge is 2.15. The number of ether oxygens (including phenoxy) is 1. The molecule has 0 unspecified atom stereocenters. The number of methoxy groups -OCH3 is 1. The summed E-state index contributed by atoms with van der Waals surface area (Å²) in [5, 5.41) is 17.5. The Morgan fingerprint density at radius 2 is 2.05 bits per heavy atom. The molecule has 0 spiro atoms. The van der Waals surface area contributed by atoms with E-state index in [9.17, 15) is 14.4 Å². The highest BCUT2D eigenvalue weighted by Crippen LogP contribution is 2.28. The van der Waals surface area contributed by atoms with Gasteiger partial charge < -0.3 is 14.9 Å². The highest BCUT2D eigenvalue weighted by atomic mass is 16.5. The number of benzene rings is 1. The lowest BCUT2D eigenvalue weighted by Crippen LogP contribution is -2.17. The van der Waals surface area contributed by atoms with Crippen molar-refractivity contribution in [1.82, 2.24) is 0 Å². The van der Waals surface area contributed by atoms with Crippen LogP contribution in [0.15, 0.2) is 23.2 Å². The third kappa shape index (κ3) is 3.91. The number of carboxylic acid groups (broad SMARTS) is 2. The second kappa shape index (κ2) is 6.29. The first-order chi connectivity index (χ1) is 8.97. The number of carboxylic acids is 2. The van der Waals surface area contributed by atoms with Crippen LogP contribution in [0.4, 0.5) is 5.69 Å². The predicted molar refractivity (Wildman–Crippen MR) is 65.4 cm³/mol. The molecule has 0 amide bonds. The van der Waals surface area contributed by atoms with Gasteiger partial charge in [-0.2, -0.15) is 0 Å². The topological polar surface area (TPSA) is 113 Å². The smallest absolute Gasteiger partial charge is 0.350 e. The van der Waals surface area contributed by atoms with Gasteiger partial charge >= 0.3 is 11.9 Å². The van der Waals surface area contributed by atoms with Crippen LogP contribution >= 0.6 is 0 Å². The number of aliphatic carboxylic acids is 2. The first kappa shape index (κ1) is 14.4. The molecule has 1 aromatic rings. The van der Waals surface area contributed by atoms with Crippen LogP contribution in [0.3, 0.4) is 0 Å². The Balaban J connectivity index is 3.23. The summed E-state index contributed by atoms with van der Waals surface area (Å²) >= 11 is 0. The molecule has 0 aliphatic rings. The maximum absolute atomic E-state index is 10.9. The number of aliphatic imine (C=N–C) groups is 1. The van der Waals surface area contributed by atoms with E-state index in [1.807, 2.05) is 0 Å². The van der Waals surface area contributed by atoms with Gasteiger partial charge in [-0.15, -0.1) is 0 Å². The molecule has 0 aromatic heterocycles. The van der Waals surface area contributed by atoms with Crippen molar-refractivity contribution in [2.24, 2.45) is 4.99 Å². The summed E-state index contributed by atoms with van der Waals surface area (Å²) in [5.41, 5.74) is -0.0395. The Morgan fingerprint density at radius 3 is 2.53 bits per heavy atom. The molecule has 0 saturated heterocycles. The van der Waals surface area contributed by atoms with Crippen molar-refractivity contribution in [3.63, 3.8) is 0 Å². The van der Waals surface area contributed by atoms with Crippen molar-refractivity contribution in [1.29, 1.82) is 0 Å². The normalized spacial score (nSPS) is 10.9. The minimum Gasteiger partial charge on any atom is -0.494 e. The molecule has 7 nitrogen and oxygen atoms in total. The summed E-state index contributed by atoms with van der Waals surface area (Å²) in [6, 6.07) is 4.19. The van der Waals surface area contributed by atoms with E-state index < -0.39 is 24.1 Å². The molecule has 0 atom stereocenters. The maximum atomic E-state index is 10.9. The number of carbonyl (C=O) groups is 3. The first-order valence-electron chi connectivity index (χ1n) is 5.13. The van der Waals surface area contributed by atoms with Gasteiger partial charge in [-0.05, 0) is 18.2 Å². The number of carbonyl (C=O) groups excluding carboxylic acids is 1. The molecule has 1 rings (SSSR count). The van der Waals surface area contributed by atoms with Crippen LogP contribution in [0.2, 0.25) is 0 Å². The molecule has 2 N–H and O–H groups in total. The summed E-state index contributed by atoms with van der Waals surface area (Å²) in [5.74, 6) is -2.54. The van der Waals surface area contributed by atoms with E-state index >= 15 is 0 Å². The van der Waals surface area contributed by atoms with Crippen LogP contribution in [0.5, 0.6) is 5.75 Å². The second-order valence-electron chi connectivity index (χ2n) is 3.48. The van der Waals surface area contributed by atoms with Crippen LogP contribution in [-0.2, 0) is 9.59 Å². The third-order valence-electron chi connectivity index (χ3n) is 2.16. The number of rotatable bonds is 6. The van der Waals surface area contributed by atoms with Crippen molar-refractivity contribution < 1.29 is 29.3 Å². The summed E-state index contributed by atoms with van der Waals surface area (Å²) < 4.78 is 4.97. The molecule has 0 radical (unpaired) electrons. The van der Waals surface area contributed by atoms with Gasteiger partial charge in [-0.25, -0.2) is 9.79 Å². The summed E-state index contributed by atoms with van der Waals surface area (Å²) in [6.07, 6.45) is -0.112. The monoisotopic (exact) mass is 265 g/mol.